The van der Waals surface area contributed by atoms with Crippen molar-refractivity contribution < 1.29 is 19.1 Å². The SMILES string of the molecule is C=CC(=O)Oc1ccc(N(c2ccc(COC(=O)C(=C)C)cc2)c2ccc(-c3ccccc3)cc2)cc1. The van der Waals surface area contributed by atoms with Gasteiger partial charge in [0.15, 0.2) is 0 Å². The molecular formula is C32H27NO4. The molecule has 0 amide bonds. The van der Waals surface area contributed by atoms with Crippen molar-refractivity contribution in [2.45, 2.75) is 13.5 Å². The topological polar surface area (TPSA) is 55.8 Å². The first-order valence-corrected chi connectivity index (χ1v) is 11.8. The van der Waals surface area contributed by atoms with Crippen molar-refractivity contribution in [1.29, 1.82) is 0 Å². The highest BCUT2D eigenvalue weighted by molar-refractivity contribution is 5.87. The fourth-order valence-corrected chi connectivity index (χ4v) is 3.72. The van der Waals surface area contributed by atoms with E-state index in [-0.39, 0.29) is 6.61 Å². The van der Waals surface area contributed by atoms with Crippen molar-refractivity contribution >= 4 is 29.0 Å². The lowest BCUT2D eigenvalue weighted by Gasteiger charge is -2.26. The van der Waals surface area contributed by atoms with Crippen LogP contribution in [0.25, 0.3) is 11.1 Å². The molecule has 0 saturated carbocycles. The van der Waals surface area contributed by atoms with Gasteiger partial charge in [0, 0.05) is 28.7 Å². The molecule has 0 radical (unpaired) electrons. The van der Waals surface area contributed by atoms with E-state index in [4.69, 9.17) is 9.47 Å². The maximum atomic E-state index is 11.7. The highest BCUT2D eigenvalue weighted by Gasteiger charge is 2.14. The zero-order valence-corrected chi connectivity index (χ0v) is 20.6. The van der Waals surface area contributed by atoms with Gasteiger partial charge in [0.25, 0.3) is 0 Å². The maximum absolute atomic E-state index is 11.7. The summed E-state index contributed by atoms with van der Waals surface area (Å²) in [4.78, 5) is 25.4. The fraction of sp³-hybridized carbons (Fsp3) is 0.0625. The molecule has 4 rings (SSSR count). The Bertz CT molecular complexity index is 1390. The Morgan fingerprint density at radius 2 is 1.27 bits per heavy atom. The zero-order chi connectivity index (χ0) is 26.2. The van der Waals surface area contributed by atoms with Crippen molar-refractivity contribution in [2.24, 2.45) is 0 Å². The lowest BCUT2D eigenvalue weighted by Crippen LogP contribution is -2.10. The van der Waals surface area contributed by atoms with E-state index in [1.54, 1.807) is 19.1 Å². The molecule has 0 atom stereocenters. The van der Waals surface area contributed by atoms with Crippen LogP contribution in [0.15, 0.2) is 128 Å². The molecule has 0 spiro atoms. The van der Waals surface area contributed by atoms with Crippen LogP contribution in [-0.2, 0) is 20.9 Å². The number of carbonyl (C=O) groups excluding carboxylic acids is 2. The fourth-order valence-electron chi connectivity index (χ4n) is 3.72. The van der Waals surface area contributed by atoms with Gasteiger partial charge in [0.05, 0.1) is 0 Å². The Labute approximate surface area is 216 Å². The van der Waals surface area contributed by atoms with E-state index in [0.717, 1.165) is 39.8 Å². The van der Waals surface area contributed by atoms with E-state index in [1.807, 2.05) is 54.6 Å². The third kappa shape index (κ3) is 6.41. The van der Waals surface area contributed by atoms with Crippen LogP contribution in [0.2, 0.25) is 0 Å². The third-order valence-corrected chi connectivity index (χ3v) is 5.63. The van der Waals surface area contributed by atoms with Crippen LogP contribution in [0.5, 0.6) is 5.75 Å². The Morgan fingerprint density at radius 3 is 1.81 bits per heavy atom. The number of benzene rings is 4. The monoisotopic (exact) mass is 489 g/mol. The van der Waals surface area contributed by atoms with Gasteiger partial charge in [-0.2, -0.15) is 0 Å². The molecule has 184 valence electrons. The first kappa shape index (κ1) is 25.2. The Kier molecular flexibility index (Phi) is 7.96. The molecular weight excluding hydrogens is 462 g/mol. The normalized spacial score (nSPS) is 10.3. The Balaban J connectivity index is 1.65. The van der Waals surface area contributed by atoms with Crippen molar-refractivity contribution in [3.05, 3.63) is 133 Å². The molecule has 0 aliphatic carbocycles. The molecule has 0 aliphatic rings. The van der Waals surface area contributed by atoms with Crippen LogP contribution in [-0.4, -0.2) is 11.9 Å². The molecule has 37 heavy (non-hydrogen) atoms. The molecule has 0 aliphatic heterocycles. The van der Waals surface area contributed by atoms with Crippen LogP contribution in [0.1, 0.15) is 12.5 Å². The summed E-state index contributed by atoms with van der Waals surface area (Å²) >= 11 is 0. The largest absolute Gasteiger partial charge is 0.457 e. The van der Waals surface area contributed by atoms with Gasteiger partial charge in [0.1, 0.15) is 12.4 Å². The molecule has 0 bridgehead atoms. The van der Waals surface area contributed by atoms with Crippen molar-refractivity contribution in [2.75, 3.05) is 4.90 Å². The van der Waals surface area contributed by atoms with Crippen molar-refractivity contribution in [3.63, 3.8) is 0 Å². The van der Waals surface area contributed by atoms with Gasteiger partial charge in [-0.25, -0.2) is 9.59 Å². The third-order valence-electron chi connectivity index (χ3n) is 5.63. The summed E-state index contributed by atoms with van der Waals surface area (Å²) < 4.78 is 10.5. The van der Waals surface area contributed by atoms with Gasteiger partial charge in [-0.05, 0) is 72.1 Å². The van der Waals surface area contributed by atoms with E-state index in [1.165, 1.54) is 0 Å². The van der Waals surface area contributed by atoms with Gasteiger partial charge in [0.2, 0.25) is 0 Å². The average molecular weight is 490 g/mol. The van der Waals surface area contributed by atoms with E-state index in [9.17, 15) is 9.59 Å². The Morgan fingerprint density at radius 1 is 0.757 bits per heavy atom. The van der Waals surface area contributed by atoms with Gasteiger partial charge in [-0.3, -0.25) is 0 Å². The van der Waals surface area contributed by atoms with Gasteiger partial charge in [-0.1, -0.05) is 67.8 Å². The number of hydrogen-bond donors (Lipinski definition) is 0. The molecule has 0 fully saturated rings. The second-order valence-electron chi connectivity index (χ2n) is 8.39. The number of ether oxygens (including phenoxy) is 2. The highest BCUT2D eigenvalue weighted by atomic mass is 16.5. The summed E-state index contributed by atoms with van der Waals surface area (Å²) in [5.74, 6) is -0.492. The van der Waals surface area contributed by atoms with Gasteiger partial charge in [-0.15, -0.1) is 0 Å². The van der Waals surface area contributed by atoms with Crippen molar-refractivity contribution in [3.8, 4) is 16.9 Å². The molecule has 4 aromatic rings. The van der Waals surface area contributed by atoms with Gasteiger partial charge >= 0.3 is 11.9 Å². The minimum Gasteiger partial charge on any atom is -0.457 e. The van der Waals surface area contributed by atoms with E-state index >= 15 is 0 Å². The summed E-state index contributed by atoms with van der Waals surface area (Å²) in [5.41, 5.74) is 6.24. The molecule has 0 unspecified atom stereocenters. The quantitative estimate of drug-likeness (QED) is 0.138. The predicted molar refractivity (Wildman–Crippen MR) is 147 cm³/mol. The number of rotatable bonds is 9. The van der Waals surface area contributed by atoms with Crippen LogP contribution < -0.4 is 9.64 Å². The summed E-state index contributed by atoms with van der Waals surface area (Å²) in [6.07, 6.45) is 1.13. The summed E-state index contributed by atoms with van der Waals surface area (Å²) in [5, 5.41) is 0. The lowest BCUT2D eigenvalue weighted by atomic mass is 10.0. The minimum absolute atomic E-state index is 0.168. The average Bonchev–Trinajstić information content (AvgIpc) is 2.94. The molecule has 5 nitrogen and oxygen atoms in total. The zero-order valence-electron chi connectivity index (χ0n) is 20.6. The minimum atomic E-state index is -0.510. The molecule has 0 aromatic heterocycles. The first-order chi connectivity index (χ1) is 17.9. The summed E-state index contributed by atoms with van der Waals surface area (Å²) in [7, 11) is 0. The second-order valence-corrected chi connectivity index (χ2v) is 8.39. The summed E-state index contributed by atoms with van der Waals surface area (Å²) in [6, 6.07) is 33.6. The smallest absolute Gasteiger partial charge is 0.335 e. The number of esters is 2. The highest BCUT2D eigenvalue weighted by Crippen LogP contribution is 2.36. The molecule has 5 heteroatoms. The lowest BCUT2D eigenvalue weighted by molar-refractivity contribution is -0.140. The van der Waals surface area contributed by atoms with Crippen LogP contribution in [0.4, 0.5) is 17.1 Å². The maximum Gasteiger partial charge on any atom is 0.335 e. The van der Waals surface area contributed by atoms with Crippen LogP contribution in [0, 0.1) is 0 Å². The first-order valence-electron chi connectivity index (χ1n) is 11.8. The number of anilines is 3. The number of nitrogens with zero attached hydrogens (tertiary/aromatic N) is 1. The molecule has 0 heterocycles. The van der Waals surface area contributed by atoms with Gasteiger partial charge < -0.3 is 14.4 Å². The second kappa shape index (κ2) is 11.7. The van der Waals surface area contributed by atoms with E-state index < -0.39 is 11.9 Å². The number of hydrogen-bond acceptors (Lipinski definition) is 5. The predicted octanol–water partition coefficient (Wildman–Crippen LogP) is 7.53. The van der Waals surface area contributed by atoms with E-state index in [2.05, 4.69) is 54.5 Å². The molecule has 4 aromatic carbocycles. The Hall–Kier alpha value is -4.90. The van der Waals surface area contributed by atoms with Crippen LogP contribution in [0.3, 0.4) is 0 Å². The van der Waals surface area contributed by atoms with Crippen molar-refractivity contribution in [1.82, 2.24) is 0 Å². The summed E-state index contributed by atoms with van der Waals surface area (Å²) in [6.45, 7) is 8.83. The number of carbonyl (C=O) groups is 2. The molecule has 0 saturated heterocycles. The van der Waals surface area contributed by atoms with E-state index in [0.29, 0.717) is 11.3 Å². The molecule has 0 N–H and O–H groups in total. The van der Waals surface area contributed by atoms with Crippen LogP contribution >= 0.6 is 0 Å². The standard InChI is InChI=1S/C32H27NO4/c1-4-31(34)37-30-20-18-29(19-21-30)33(27-14-10-24(11-15-27)22-36-32(35)23(2)3)28-16-12-26(13-17-28)25-8-6-5-7-9-25/h4-21H,1-2,22H2,3H3.